The number of para-hydroxylation sites is 1. The fourth-order valence-electron chi connectivity index (χ4n) is 2.75. The van der Waals surface area contributed by atoms with Crippen molar-refractivity contribution in [3.05, 3.63) is 59.1 Å². The molecule has 3 rings (SSSR count). The average molecular weight is 349 g/mol. The summed E-state index contributed by atoms with van der Waals surface area (Å²) in [7, 11) is 0. The van der Waals surface area contributed by atoms with E-state index in [0.29, 0.717) is 23.9 Å². The van der Waals surface area contributed by atoms with Crippen molar-refractivity contribution >= 4 is 17.5 Å². The number of carbonyl (C=O) groups excluding carboxylic acids is 1. The minimum absolute atomic E-state index is 0.0112. The first kappa shape index (κ1) is 16.7. The summed E-state index contributed by atoms with van der Waals surface area (Å²) in [5.74, 6) is 0.117. The van der Waals surface area contributed by atoms with Gasteiger partial charge in [0.2, 0.25) is 5.91 Å². The van der Waals surface area contributed by atoms with E-state index < -0.39 is 5.82 Å². The minimum atomic E-state index is -0.442. The summed E-state index contributed by atoms with van der Waals surface area (Å²) in [5, 5.41) is 0.585. The van der Waals surface area contributed by atoms with Gasteiger partial charge in [-0.05, 0) is 24.3 Å². The molecule has 1 aromatic heterocycles. The summed E-state index contributed by atoms with van der Waals surface area (Å²) >= 11 is 6.10. The third-order valence-corrected chi connectivity index (χ3v) is 4.39. The second kappa shape index (κ2) is 7.62. The summed E-state index contributed by atoms with van der Waals surface area (Å²) in [6.07, 6.45) is 2.96. The highest BCUT2D eigenvalue weighted by Gasteiger charge is 2.25. The molecule has 24 heavy (non-hydrogen) atoms. The topological polar surface area (TPSA) is 42.4 Å². The molecule has 2 aromatic rings. The lowest BCUT2D eigenvalue weighted by atomic mass is 10.1. The second-order valence-electron chi connectivity index (χ2n) is 5.74. The Morgan fingerprint density at radius 2 is 2.00 bits per heavy atom. The van der Waals surface area contributed by atoms with Gasteiger partial charge in [0.1, 0.15) is 17.7 Å². The number of hydrogen-bond acceptors (Lipinski definition) is 3. The quantitative estimate of drug-likeness (QED) is 0.849. The van der Waals surface area contributed by atoms with Crippen molar-refractivity contribution in [2.24, 2.45) is 0 Å². The van der Waals surface area contributed by atoms with Gasteiger partial charge in [0.25, 0.3) is 0 Å². The molecule has 2 heterocycles. The zero-order chi connectivity index (χ0) is 16.9. The molecule has 0 spiro atoms. The Hall–Kier alpha value is -2.14. The molecule has 1 amide bonds. The first-order valence-electron chi connectivity index (χ1n) is 7.92. The van der Waals surface area contributed by atoms with Gasteiger partial charge in [-0.2, -0.15) is 0 Å². The Labute approximate surface area is 145 Å². The molecule has 1 fully saturated rings. The van der Waals surface area contributed by atoms with Crippen molar-refractivity contribution in [1.29, 1.82) is 0 Å². The van der Waals surface area contributed by atoms with Crippen molar-refractivity contribution in [2.75, 3.05) is 13.1 Å². The van der Waals surface area contributed by atoms with Crippen molar-refractivity contribution in [2.45, 2.75) is 25.4 Å². The molecule has 0 unspecified atom stereocenters. The molecule has 0 saturated carbocycles. The zero-order valence-electron chi connectivity index (χ0n) is 13.1. The molecular formula is C18H18ClFN2O2. The van der Waals surface area contributed by atoms with Crippen LogP contribution >= 0.6 is 11.6 Å². The molecule has 4 nitrogen and oxygen atoms in total. The standard InChI is InChI=1S/C18H18ClFN2O2/c19-14-4-1-2-6-17(14)24-13-7-10-22(11-8-13)18(23)12-16-15(20)5-3-9-21-16/h1-6,9,13H,7-8,10-12H2. The molecule has 126 valence electrons. The average Bonchev–Trinajstić information content (AvgIpc) is 2.59. The van der Waals surface area contributed by atoms with Crippen LogP contribution in [0.3, 0.4) is 0 Å². The summed E-state index contributed by atoms with van der Waals surface area (Å²) in [6, 6.07) is 10.2. The smallest absolute Gasteiger partial charge is 0.228 e. The van der Waals surface area contributed by atoms with Crippen molar-refractivity contribution in [3.63, 3.8) is 0 Å². The lowest BCUT2D eigenvalue weighted by molar-refractivity contribution is -0.132. The molecular weight excluding hydrogens is 331 g/mol. The number of ether oxygens (including phenoxy) is 1. The molecule has 1 aromatic carbocycles. The van der Waals surface area contributed by atoms with Gasteiger partial charge in [-0.15, -0.1) is 0 Å². The lowest BCUT2D eigenvalue weighted by Gasteiger charge is -2.32. The van der Waals surface area contributed by atoms with E-state index in [-0.39, 0.29) is 24.1 Å². The molecule has 1 aliphatic rings. The van der Waals surface area contributed by atoms with Gasteiger partial charge in [0, 0.05) is 32.1 Å². The van der Waals surface area contributed by atoms with Crippen molar-refractivity contribution < 1.29 is 13.9 Å². The molecule has 1 saturated heterocycles. The van der Waals surface area contributed by atoms with Crippen LogP contribution in [0, 0.1) is 5.82 Å². The van der Waals surface area contributed by atoms with E-state index in [0.717, 1.165) is 12.8 Å². The highest BCUT2D eigenvalue weighted by Crippen LogP contribution is 2.26. The van der Waals surface area contributed by atoms with Gasteiger partial charge in [0.15, 0.2) is 0 Å². The fraction of sp³-hybridized carbons (Fsp3) is 0.333. The van der Waals surface area contributed by atoms with E-state index in [2.05, 4.69) is 4.98 Å². The monoisotopic (exact) mass is 348 g/mol. The molecule has 0 atom stereocenters. The third kappa shape index (κ3) is 4.03. The number of aromatic nitrogens is 1. The van der Waals surface area contributed by atoms with Crippen LogP contribution in [0.15, 0.2) is 42.6 Å². The maximum Gasteiger partial charge on any atom is 0.228 e. The normalized spacial score (nSPS) is 15.3. The van der Waals surface area contributed by atoms with Crippen LogP contribution in [0.25, 0.3) is 0 Å². The van der Waals surface area contributed by atoms with Crippen LogP contribution < -0.4 is 4.74 Å². The number of pyridine rings is 1. The highest BCUT2D eigenvalue weighted by atomic mass is 35.5. The van der Waals surface area contributed by atoms with Gasteiger partial charge in [-0.25, -0.2) is 4.39 Å². The first-order valence-corrected chi connectivity index (χ1v) is 8.29. The number of carbonyl (C=O) groups is 1. The highest BCUT2D eigenvalue weighted by molar-refractivity contribution is 6.32. The molecule has 0 radical (unpaired) electrons. The Bertz CT molecular complexity index is 718. The van der Waals surface area contributed by atoms with E-state index in [9.17, 15) is 9.18 Å². The largest absolute Gasteiger partial charge is 0.489 e. The number of rotatable bonds is 4. The van der Waals surface area contributed by atoms with E-state index in [1.807, 2.05) is 18.2 Å². The van der Waals surface area contributed by atoms with Crippen LogP contribution in [-0.2, 0) is 11.2 Å². The first-order chi connectivity index (χ1) is 11.6. The maximum atomic E-state index is 13.6. The Kier molecular flexibility index (Phi) is 5.30. The number of halogens is 2. The second-order valence-corrected chi connectivity index (χ2v) is 6.14. The fourth-order valence-corrected chi connectivity index (χ4v) is 2.93. The van der Waals surface area contributed by atoms with E-state index >= 15 is 0 Å². The van der Waals surface area contributed by atoms with Gasteiger partial charge in [0.05, 0.1) is 17.1 Å². The van der Waals surface area contributed by atoms with Gasteiger partial charge >= 0.3 is 0 Å². The summed E-state index contributed by atoms with van der Waals surface area (Å²) < 4.78 is 19.5. The van der Waals surface area contributed by atoms with Gasteiger partial charge in [-0.3, -0.25) is 9.78 Å². The number of piperidine rings is 1. The minimum Gasteiger partial charge on any atom is -0.489 e. The summed E-state index contributed by atoms with van der Waals surface area (Å²) in [6.45, 7) is 1.17. The van der Waals surface area contributed by atoms with Crippen molar-refractivity contribution in [3.8, 4) is 5.75 Å². The number of hydrogen-bond donors (Lipinski definition) is 0. The predicted molar refractivity (Wildman–Crippen MR) is 89.6 cm³/mol. The SMILES string of the molecule is O=C(Cc1ncccc1F)N1CCC(Oc2ccccc2Cl)CC1. The van der Waals surface area contributed by atoms with Gasteiger partial charge in [-0.1, -0.05) is 23.7 Å². The van der Waals surface area contributed by atoms with Crippen LogP contribution in [0.4, 0.5) is 4.39 Å². The van der Waals surface area contributed by atoms with E-state index in [1.54, 1.807) is 11.0 Å². The van der Waals surface area contributed by atoms with Crippen LogP contribution in [0.5, 0.6) is 5.75 Å². The lowest BCUT2D eigenvalue weighted by Crippen LogP contribution is -2.42. The molecule has 0 bridgehead atoms. The van der Waals surface area contributed by atoms with Crippen LogP contribution in [0.2, 0.25) is 5.02 Å². The van der Waals surface area contributed by atoms with Gasteiger partial charge < -0.3 is 9.64 Å². The molecule has 0 aliphatic carbocycles. The predicted octanol–water partition coefficient (Wildman–Crippen LogP) is 3.49. The summed E-state index contributed by atoms with van der Waals surface area (Å²) in [4.78, 5) is 18.0. The van der Waals surface area contributed by atoms with Crippen LogP contribution in [0.1, 0.15) is 18.5 Å². The number of nitrogens with zero attached hydrogens (tertiary/aromatic N) is 2. The molecule has 6 heteroatoms. The van der Waals surface area contributed by atoms with E-state index in [1.165, 1.54) is 18.3 Å². The summed E-state index contributed by atoms with van der Waals surface area (Å²) in [5.41, 5.74) is 0.192. The number of amides is 1. The number of benzene rings is 1. The third-order valence-electron chi connectivity index (χ3n) is 4.08. The zero-order valence-corrected chi connectivity index (χ0v) is 13.9. The number of likely N-dealkylation sites (tertiary alicyclic amines) is 1. The maximum absolute atomic E-state index is 13.6. The molecule has 1 aliphatic heterocycles. The Balaban J connectivity index is 1.52. The Morgan fingerprint density at radius 1 is 1.25 bits per heavy atom. The molecule has 0 N–H and O–H groups in total. The van der Waals surface area contributed by atoms with E-state index in [4.69, 9.17) is 16.3 Å². The Morgan fingerprint density at radius 3 is 2.71 bits per heavy atom. The van der Waals surface area contributed by atoms with Crippen LogP contribution in [-0.4, -0.2) is 35.0 Å². The van der Waals surface area contributed by atoms with Crippen molar-refractivity contribution in [1.82, 2.24) is 9.88 Å².